The van der Waals surface area contributed by atoms with Gasteiger partial charge in [0.05, 0.1) is 33.0 Å². The van der Waals surface area contributed by atoms with Gasteiger partial charge in [-0.15, -0.1) is 12.4 Å². The zero-order valence-electron chi connectivity index (χ0n) is 10.8. The normalized spacial score (nSPS) is 10.3. The molecule has 0 aromatic rings. The quantitative estimate of drug-likeness (QED) is 0.178. The molecule has 1 atom stereocenters. The van der Waals surface area contributed by atoms with Crippen LogP contribution in [0.2, 0.25) is 0 Å². The summed E-state index contributed by atoms with van der Waals surface area (Å²) in [5, 5.41) is 46.7. The predicted molar refractivity (Wildman–Crippen MR) is 70.0 cm³/mol. The lowest BCUT2D eigenvalue weighted by molar-refractivity contribution is -0.102. The van der Waals surface area contributed by atoms with Gasteiger partial charge >= 0.3 is 7.82 Å². The Morgan fingerprint density at radius 1 is 0.900 bits per heavy atom. The average molecular weight is 351 g/mol. The Labute approximate surface area is 122 Å². The van der Waals surface area contributed by atoms with Crippen molar-refractivity contribution in [2.24, 2.45) is 0 Å². The first-order valence-corrected chi connectivity index (χ1v) is 6.24. The van der Waals surface area contributed by atoms with Gasteiger partial charge in [-0.2, -0.15) is 0 Å². The van der Waals surface area contributed by atoms with Gasteiger partial charge in [-0.25, -0.2) is 4.57 Å². The second kappa shape index (κ2) is 27.5. The van der Waals surface area contributed by atoms with Crippen molar-refractivity contribution < 1.29 is 54.6 Å². The molecule has 11 nitrogen and oxygen atoms in total. The van der Waals surface area contributed by atoms with E-state index in [4.69, 9.17) is 49.9 Å². The van der Waals surface area contributed by atoms with Crippen LogP contribution in [0.3, 0.4) is 0 Å². The summed E-state index contributed by atoms with van der Waals surface area (Å²) >= 11 is 0. The maximum atomic E-state index is 8.88. The van der Waals surface area contributed by atoms with Crippen LogP contribution in [-0.4, -0.2) is 91.8 Å². The number of aliphatic hydroxyl groups is 6. The molecule has 0 saturated heterocycles. The zero-order chi connectivity index (χ0) is 16.3. The van der Waals surface area contributed by atoms with E-state index in [0.29, 0.717) is 0 Å². The van der Waals surface area contributed by atoms with Gasteiger partial charge in [-0.3, -0.25) is 0 Å². The van der Waals surface area contributed by atoms with Crippen molar-refractivity contribution in [2.45, 2.75) is 6.29 Å². The van der Waals surface area contributed by atoms with E-state index in [-0.39, 0.29) is 45.4 Å². The first-order valence-electron chi connectivity index (χ1n) is 4.67. The molecule has 0 bridgehead atoms. The molecule has 0 amide bonds. The van der Waals surface area contributed by atoms with Crippen LogP contribution in [0.25, 0.3) is 0 Å². The number of aliphatic hydroxyl groups excluding tert-OH is 6. The number of methoxy groups -OCH3 is 1. The third-order valence-corrected chi connectivity index (χ3v) is 0.628. The third kappa shape index (κ3) is 142. The van der Waals surface area contributed by atoms with E-state index >= 15 is 0 Å². The number of halogens is 1. The van der Waals surface area contributed by atoms with Crippen molar-refractivity contribution >= 4 is 20.2 Å². The first kappa shape index (κ1) is 32.2. The van der Waals surface area contributed by atoms with Crippen molar-refractivity contribution in [3.63, 3.8) is 0 Å². The molecule has 0 aromatic carbocycles. The van der Waals surface area contributed by atoms with Crippen molar-refractivity contribution in [2.75, 3.05) is 40.1 Å². The summed E-state index contributed by atoms with van der Waals surface area (Å²) in [7, 11) is -3.32. The molecule has 0 fully saturated rings. The van der Waals surface area contributed by atoms with Crippen LogP contribution in [0.5, 0.6) is 0 Å². The average Bonchev–Trinajstić information content (AvgIpc) is 2.36. The van der Waals surface area contributed by atoms with Crippen LogP contribution in [0, 0.1) is 0 Å². The molecule has 0 radical (unpaired) electrons. The highest BCUT2D eigenvalue weighted by molar-refractivity contribution is 7.45. The van der Waals surface area contributed by atoms with Crippen molar-refractivity contribution in [3.05, 3.63) is 0 Å². The summed E-state index contributed by atoms with van der Waals surface area (Å²) in [4.78, 5) is 21.6. The fourth-order valence-corrected chi connectivity index (χ4v) is 0.0745. The SMILES string of the molecule is COC(O)CO.Cl.O=P(O)(O)O.OCCO.OCCO. The van der Waals surface area contributed by atoms with Gasteiger partial charge in [0, 0.05) is 7.11 Å². The van der Waals surface area contributed by atoms with Gasteiger partial charge < -0.3 is 50.1 Å². The lowest BCUT2D eigenvalue weighted by Gasteiger charge is -1.99. The van der Waals surface area contributed by atoms with Crippen LogP contribution in [0.1, 0.15) is 0 Å². The van der Waals surface area contributed by atoms with Crippen molar-refractivity contribution in [1.82, 2.24) is 0 Å². The molecule has 0 rings (SSSR count). The van der Waals surface area contributed by atoms with Gasteiger partial charge in [-0.1, -0.05) is 0 Å². The molecular weight excluding hydrogens is 326 g/mol. The van der Waals surface area contributed by atoms with Crippen LogP contribution >= 0.6 is 20.2 Å². The maximum absolute atomic E-state index is 8.88. The lowest BCUT2D eigenvalue weighted by atomic mass is 10.7. The van der Waals surface area contributed by atoms with E-state index in [9.17, 15) is 0 Å². The molecule has 0 aliphatic rings. The molecule has 0 saturated carbocycles. The Balaban J connectivity index is -0.0000000499. The first-order chi connectivity index (χ1) is 8.64. The van der Waals surface area contributed by atoms with Crippen LogP contribution in [0.15, 0.2) is 0 Å². The number of phosphoric acid groups is 1. The highest BCUT2D eigenvalue weighted by Gasteiger charge is 2.00. The zero-order valence-corrected chi connectivity index (χ0v) is 12.5. The second-order valence-electron chi connectivity index (χ2n) is 2.28. The smallest absolute Gasteiger partial charge is 0.394 e. The monoisotopic (exact) mass is 350 g/mol. The number of hydrogen-bond acceptors (Lipinski definition) is 8. The van der Waals surface area contributed by atoms with Crippen molar-refractivity contribution in [1.29, 1.82) is 0 Å². The molecule has 20 heavy (non-hydrogen) atoms. The van der Waals surface area contributed by atoms with Crippen LogP contribution in [0.4, 0.5) is 0 Å². The molecule has 0 spiro atoms. The van der Waals surface area contributed by atoms with Gasteiger partial charge in [0.25, 0.3) is 0 Å². The predicted octanol–water partition coefficient (Wildman–Crippen LogP) is -3.62. The third-order valence-electron chi connectivity index (χ3n) is 0.628. The molecule has 130 valence electrons. The Morgan fingerprint density at radius 2 is 1.10 bits per heavy atom. The van der Waals surface area contributed by atoms with E-state index in [1.165, 1.54) is 7.11 Å². The van der Waals surface area contributed by atoms with Crippen molar-refractivity contribution in [3.8, 4) is 0 Å². The number of rotatable bonds is 4. The summed E-state index contributed by atoms with van der Waals surface area (Å²) in [6.45, 7) is -0.837. The minimum absolute atomic E-state index is 0. The molecule has 1 unspecified atom stereocenters. The number of hydrogen-bond donors (Lipinski definition) is 9. The van der Waals surface area contributed by atoms with E-state index in [2.05, 4.69) is 4.74 Å². The van der Waals surface area contributed by atoms with E-state index in [1.807, 2.05) is 0 Å². The molecular formula is C7H24ClO11P. The van der Waals surface area contributed by atoms with Gasteiger partial charge in [0.15, 0.2) is 6.29 Å². The Kier molecular flexibility index (Phi) is 44.2. The summed E-state index contributed by atoms with van der Waals surface area (Å²) < 4.78 is 13.1. The summed E-state index contributed by atoms with van der Waals surface area (Å²) in [6, 6.07) is 0. The molecule has 0 heterocycles. The standard InChI is InChI=1S/C3H8O3.2C2H6O2.ClH.H3O4P/c1-6-3(5)2-4;2*3-1-2-4;;1-5(2,3)4/h3-5H,2H2,1H3;2*3-4H,1-2H2;1H;(H3,1,2,3,4). The van der Waals surface area contributed by atoms with Gasteiger partial charge in [-0.05, 0) is 0 Å². The largest absolute Gasteiger partial charge is 0.466 e. The Hall–Kier alpha value is 0.120. The highest BCUT2D eigenvalue weighted by Crippen LogP contribution is 2.25. The minimum atomic E-state index is -4.64. The topological polar surface area (TPSA) is 208 Å². The molecule has 0 aromatic heterocycles. The fourth-order valence-electron chi connectivity index (χ4n) is 0.0745. The highest BCUT2D eigenvalue weighted by atomic mass is 35.5. The minimum Gasteiger partial charge on any atom is -0.394 e. The number of ether oxygens (including phenoxy) is 1. The summed E-state index contributed by atoms with van der Waals surface area (Å²) in [6.07, 6.45) is -1.01. The van der Waals surface area contributed by atoms with E-state index in [0.717, 1.165) is 0 Å². The van der Waals surface area contributed by atoms with Crippen LogP contribution < -0.4 is 0 Å². The Morgan fingerprint density at radius 3 is 1.10 bits per heavy atom. The molecule has 13 heteroatoms. The van der Waals surface area contributed by atoms with E-state index in [1.54, 1.807) is 0 Å². The van der Waals surface area contributed by atoms with E-state index < -0.39 is 14.1 Å². The summed E-state index contributed by atoms with van der Waals surface area (Å²) in [5.74, 6) is 0. The molecule has 0 aliphatic carbocycles. The Bertz CT molecular complexity index is 158. The molecule has 9 N–H and O–H groups in total. The second-order valence-corrected chi connectivity index (χ2v) is 3.31. The van der Waals surface area contributed by atoms with Gasteiger partial charge in [0.2, 0.25) is 0 Å². The molecule has 0 aliphatic heterocycles. The van der Waals surface area contributed by atoms with Crippen LogP contribution in [-0.2, 0) is 9.30 Å². The lowest BCUT2D eigenvalue weighted by Crippen LogP contribution is -2.12. The maximum Gasteiger partial charge on any atom is 0.466 e. The fraction of sp³-hybridized carbons (Fsp3) is 1.00. The van der Waals surface area contributed by atoms with Gasteiger partial charge in [0.1, 0.15) is 0 Å². The summed E-state index contributed by atoms with van der Waals surface area (Å²) in [5.41, 5.74) is 0.